The van der Waals surface area contributed by atoms with E-state index in [1.54, 1.807) is 0 Å². The number of aliphatic hydroxyl groups is 1. The normalized spacial score (nSPS) is 14.0. The lowest BCUT2D eigenvalue weighted by molar-refractivity contribution is -0.139. The average molecular weight is 223 g/mol. The predicted octanol–water partition coefficient (Wildman–Crippen LogP) is 1.84. The fourth-order valence-corrected chi connectivity index (χ4v) is 1.19. The summed E-state index contributed by atoms with van der Waals surface area (Å²) in [5.74, 6) is -0.842. The third kappa shape index (κ3) is 2.66. The first-order valence-electron chi connectivity index (χ1n) is 4.11. The van der Waals surface area contributed by atoms with Crippen LogP contribution in [0.2, 0.25) is 0 Å². The van der Waals surface area contributed by atoms with E-state index < -0.39 is 35.8 Å². The third-order valence-electron chi connectivity index (χ3n) is 1.90. The third-order valence-corrected chi connectivity index (χ3v) is 1.90. The Bertz CT molecular complexity index is 350. The number of nitrogens with two attached hydrogens (primary N) is 1. The van der Waals surface area contributed by atoms with Gasteiger partial charge in [-0.15, -0.1) is 0 Å². The SMILES string of the molecule is NCC(O)c1cc(F)ccc1C(F)(F)F. The Balaban J connectivity index is 3.27. The molecule has 3 N–H and O–H groups in total. The van der Waals surface area contributed by atoms with Crippen molar-refractivity contribution in [1.82, 2.24) is 0 Å². The number of benzene rings is 1. The maximum absolute atomic E-state index is 12.7. The van der Waals surface area contributed by atoms with Gasteiger partial charge in [-0.2, -0.15) is 13.2 Å². The van der Waals surface area contributed by atoms with Gasteiger partial charge in [0.15, 0.2) is 0 Å². The summed E-state index contributed by atoms with van der Waals surface area (Å²) in [4.78, 5) is 0. The number of aliphatic hydroxyl groups excluding tert-OH is 1. The lowest BCUT2D eigenvalue weighted by Gasteiger charge is -2.16. The minimum atomic E-state index is -4.63. The lowest BCUT2D eigenvalue weighted by Crippen LogP contribution is -2.17. The highest BCUT2D eigenvalue weighted by Gasteiger charge is 2.34. The molecular weight excluding hydrogens is 214 g/mol. The van der Waals surface area contributed by atoms with Gasteiger partial charge in [0.25, 0.3) is 0 Å². The molecule has 15 heavy (non-hydrogen) atoms. The fourth-order valence-electron chi connectivity index (χ4n) is 1.19. The number of halogens is 4. The van der Waals surface area contributed by atoms with Crippen LogP contribution in [-0.4, -0.2) is 11.7 Å². The van der Waals surface area contributed by atoms with Gasteiger partial charge in [-0.3, -0.25) is 0 Å². The summed E-state index contributed by atoms with van der Waals surface area (Å²) in [6.07, 6.45) is -6.14. The first kappa shape index (κ1) is 11.9. The van der Waals surface area contributed by atoms with Gasteiger partial charge in [-0.25, -0.2) is 4.39 Å². The monoisotopic (exact) mass is 223 g/mol. The second-order valence-corrected chi connectivity index (χ2v) is 2.98. The highest BCUT2D eigenvalue weighted by atomic mass is 19.4. The molecule has 1 atom stereocenters. The van der Waals surface area contributed by atoms with Gasteiger partial charge < -0.3 is 10.8 Å². The second kappa shape index (κ2) is 4.16. The molecule has 1 aromatic carbocycles. The van der Waals surface area contributed by atoms with Crippen molar-refractivity contribution in [2.45, 2.75) is 12.3 Å². The van der Waals surface area contributed by atoms with Gasteiger partial charge >= 0.3 is 6.18 Å². The zero-order chi connectivity index (χ0) is 11.6. The smallest absolute Gasteiger partial charge is 0.387 e. The van der Waals surface area contributed by atoms with Crippen LogP contribution in [0.1, 0.15) is 17.2 Å². The Hall–Kier alpha value is -1.14. The van der Waals surface area contributed by atoms with E-state index in [4.69, 9.17) is 5.73 Å². The van der Waals surface area contributed by atoms with Crippen LogP contribution in [0.5, 0.6) is 0 Å². The van der Waals surface area contributed by atoms with Crippen molar-refractivity contribution in [2.24, 2.45) is 5.73 Å². The van der Waals surface area contributed by atoms with Crippen molar-refractivity contribution in [3.63, 3.8) is 0 Å². The molecule has 0 aromatic heterocycles. The number of hydrogen-bond acceptors (Lipinski definition) is 2. The number of hydrogen-bond donors (Lipinski definition) is 2. The van der Waals surface area contributed by atoms with Crippen LogP contribution in [-0.2, 0) is 6.18 Å². The van der Waals surface area contributed by atoms with E-state index in [2.05, 4.69) is 0 Å². The van der Waals surface area contributed by atoms with Crippen LogP contribution in [0.3, 0.4) is 0 Å². The summed E-state index contributed by atoms with van der Waals surface area (Å²) in [6.45, 7) is -0.396. The Kier molecular flexibility index (Phi) is 3.31. The van der Waals surface area contributed by atoms with E-state index in [0.29, 0.717) is 18.2 Å². The molecule has 1 unspecified atom stereocenters. The first-order chi connectivity index (χ1) is 6.86. The molecule has 0 fully saturated rings. The van der Waals surface area contributed by atoms with Crippen LogP contribution >= 0.6 is 0 Å². The Labute approximate surface area is 83.3 Å². The summed E-state index contributed by atoms with van der Waals surface area (Å²) in [5, 5.41) is 9.21. The van der Waals surface area contributed by atoms with Gasteiger partial charge in [0.05, 0.1) is 11.7 Å². The van der Waals surface area contributed by atoms with Gasteiger partial charge in [-0.05, 0) is 23.8 Å². The van der Waals surface area contributed by atoms with Crippen LogP contribution in [0.25, 0.3) is 0 Å². The van der Waals surface area contributed by atoms with E-state index in [9.17, 15) is 22.7 Å². The summed E-state index contributed by atoms with van der Waals surface area (Å²) in [5.41, 5.74) is 3.42. The maximum atomic E-state index is 12.7. The molecule has 1 rings (SSSR count). The van der Waals surface area contributed by atoms with E-state index in [1.807, 2.05) is 0 Å². The molecule has 1 aromatic rings. The minimum Gasteiger partial charge on any atom is -0.387 e. The van der Waals surface area contributed by atoms with E-state index in [1.165, 1.54) is 0 Å². The zero-order valence-electron chi connectivity index (χ0n) is 7.55. The summed E-state index contributed by atoms with van der Waals surface area (Å²) in [7, 11) is 0. The van der Waals surface area contributed by atoms with E-state index >= 15 is 0 Å². The van der Waals surface area contributed by atoms with Crippen molar-refractivity contribution < 1.29 is 22.7 Å². The topological polar surface area (TPSA) is 46.2 Å². The molecule has 0 heterocycles. The van der Waals surface area contributed by atoms with Gasteiger partial charge in [-0.1, -0.05) is 0 Å². The van der Waals surface area contributed by atoms with Crippen molar-refractivity contribution in [1.29, 1.82) is 0 Å². The van der Waals surface area contributed by atoms with Crippen LogP contribution in [0.4, 0.5) is 17.6 Å². The number of rotatable bonds is 2. The number of alkyl halides is 3. The molecule has 0 saturated carbocycles. The second-order valence-electron chi connectivity index (χ2n) is 2.98. The summed E-state index contributed by atoms with van der Waals surface area (Å²) >= 11 is 0. The molecule has 0 saturated heterocycles. The molecule has 6 heteroatoms. The maximum Gasteiger partial charge on any atom is 0.416 e. The molecule has 2 nitrogen and oxygen atoms in total. The fraction of sp³-hybridized carbons (Fsp3) is 0.333. The Morgan fingerprint density at radius 1 is 1.33 bits per heavy atom. The quantitative estimate of drug-likeness (QED) is 0.751. The van der Waals surface area contributed by atoms with Crippen molar-refractivity contribution >= 4 is 0 Å². The van der Waals surface area contributed by atoms with Crippen LogP contribution in [0.15, 0.2) is 18.2 Å². The van der Waals surface area contributed by atoms with Crippen LogP contribution < -0.4 is 5.73 Å². The zero-order valence-corrected chi connectivity index (χ0v) is 7.55. The lowest BCUT2D eigenvalue weighted by atomic mass is 10.0. The Morgan fingerprint density at radius 3 is 2.40 bits per heavy atom. The molecule has 0 spiro atoms. The molecular formula is C9H9F4NO. The first-order valence-corrected chi connectivity index (χ1v) is 4.11. The molecule has 0 aliphatic heterocycles. The molecule has 0 amide bonds. The largest absolute Gasteiger partial charge is 0.416 e. The van der Waals surface area contributed by atoms with Crippen molar-refractivity contribution in [3.8, 4) is 0 Å². The molecule has 84 valence electrons. The summed E-state index contributed by atoms with van der Waals surface area (Å²) < 4.78 is 49.9. The molecule has 0 aliphatic rings. The van der Waals surface area contributed by atoms with Crippen molar-refractivity contribution in [3.05, 3.63) is 35.1 Å². The minimum absolute atomic E-state index is 0.396. The van der Waals surface area contributed by atoms with Crippen molar-refractivity contribution in [2.75, 3.05) is 6.54 Å². The van der Waals surface area contributed by atoms with Gasteiger partial charge in [0.1, 0.15) is 5.82 Å². The highest BCUT2D eigenvalue weighted by molar-refractivity contribution is 5.32. The van der Waals surface area contributed by atoms with Gasteiger partial charge in [0.2, 0.25) is 0 Å². The molecule has 0 aliphatic carbocycles. The van der Waals surface area contributed by atoms with E-state index in [0.717, 1.165) is 0 Å². The standard InChI is InChI=1S/C9H9F4NO/c10-5-1-2-7(9(11,12)13)6(3-5)8(15)4-14/h1-3,8,15H,4,14H2. The van der Waals surface area contributed by atoms with Crippen LogP contribution in [0, 0.1) is 5.82 Å². The van der Waals surface area contributed by atoms with E-state index in [-0.39, 0.29) is 0 Å². The average Bonchev–Trinajstić information content (AvgIpc) is 2.14. The summed E-state index contributed by atoms with van der Waals surface area (Å²) in [6, 6.07) is 1.92. The Morgan fingerprint density at radius 2 is 1.93 bits per heavy atom. The molecule has 0 radical (unpaired) electrons. The van der Waals surface area contributed by atoms with Gasteiger partial charge in [0, 0.05) is 6.54 Å². The predicted molar refractivity (Wildman–Crippen MR) is 45.4 cm³/mol. The highest BCUT2D eigenvalue weighted by Crippen LogP contribution is 2.34. The molecule has 0 bridgehead atoms.